The summed E-state index contributed by atoms with van der Waals surface area (Å²) in [6.07, 6.45) is 8.13. The van der Waals surface area contributed by atoms with E-state index in [9.17, 15) is 14.7 Å². The third-order valence-electron chi connectivity index (χ3n) is 7.49. The summed E-state index contributed by atoms with van der Waals surface area (Å²) in [7, 11) is 1.48. The molecule has 1 saturated carbocycles. The average molecular weight is 485 g/mol. The van der Waals surface area contributed by atoms with Crippen LogP contribution in [0, 0.1) is 11.7 Å². The SMILES string of the molecule is CCCC/C=N/c1c(C(=O)O)c(=O)c2cc(F)c(N3CC4CCCNC4C3)c(OC)c2n1C1CC1. The predicted octanol–water partition coefficient (Wildman–Crippen LogP) is 4.26. The van der Waals surface area contributed by atoms with Gasteiger partial charge in [-0.05, 0) is 57.1 Å². The van der Waals surface area contributed by atoms with Crippen LogP contribution in [0.15, 0.2) is 15.9 Å². The fourth-order valence-electron chi connectivity index (χ4n) is 5.65. The van der Waals surface area contributed by atoms with Crippen LogP contribution in [0.4, 0.5) is 15.9 Å². The van der Waals surface area contributed by atoms with Crippen molar-refractivity contribution in [1.29, 1.82) is 0 Å². The molecule has 1 aromatic carbocycles. The summed E-state index contributed by atoms with van der Waals surface area (Å²) in [4.78, 5) is 32.1. The summed E-state index contributed by atoms with van der Waals surface area (Å²) in [6, 6.07) is 1.48. The first-order chi connectivity index (χ1) is 17.0. The maximum Gasteiger partial charge on any atom is 0.343 e. The Morgan fingerprint density at radius 3 is 2.80 bits per heavy atom. The summed E-state index contributed by atoms with van der Waals surface area (Å²) >= 11 is 0. The molecule has 0 bridgehead atoms. The normalized spacial score (nSPS) is 22.2. The number of halogens is 1. The Hall–Kier alpha value is -2.94. The first kappa shape index (κ1) is 23.8. The first-order valence-electron chi connectivity index (χ1n) is 12.7. The summed E-state index contributed by atoms with van der Waals surface area (Å²) in [6.45, 7) is 4.40. The van der Waals surface area contributed by atoms with Gasteiger partial charge in [0.2, 0.25) is 5.43 Å². The average Bonchev–Trinajstić information content (AvgIpc) is 3.58. The van der Waals surface area contributed by atoms with Crippen LogP contribution in [0.1, 0.15) is 68.3 Å². The zero-order valence-corrected chi connectivity index (χ0v) is 20.3. The Bertz CT molecular complexity index is 1220. The van der Waals surface area contributed by atoms with E-state index in [4.69, 9.17) is 4.74 Å². The van der Waals surface area contributed by atoms with E-state index in [2.05, 4.69) is 17.2 Å². The number of rotatable bonds is 8. The molecule has 2 unspecified atom stereocenters. The predicted molar refractivity (Wildman–Crippen MR) is 134 cm³/mol. The van der Waals surface area contributed by atoms with Gasteiger partial charge in [0, 0.05) is 31.4 Å². The van der Waals surface area contributed by atoms with Gasteiger partial charge in [0.15, 0.2) is 22.9 Å². The number of carboxylic acids is 1. The second-order valence-electron chi connectivity index (χ2n) is 9.89. The van der Waals surface area contributed by atoms with Crippen molar-refractivity contribution in [1.82, 2.24) is 9.88 Å². The topological polar surface area (TPSA) is 96.2 Å². The van der Waals surface area contributed by atoms with Gasteiger partial charge in [-0.3, -0.25) is 4.79 Å². The number of piperidine rings is 1. The minimum Gasteiger partial charge on any atom is -0.492 e. The monoisotopic (exact) mass is 484 g/mol. The number of carbonyl (C=O) groups is 1. The zero-order chi connectivity index (χ0) is 24.7. The molecule has 188 valence electrons. The Morgan fingerprint density at radius 1 is 1.34 bits per heavy atom. The van der Waals surface area contributed by atoms with E-state index in [0.29, 0.717) is 42.7 Å². The number of hydrogen-bond donors (Lipinski definition) is 2. The van der Waals surface area contributed by atoms with Gasteiger partial charge in [-0.25, -0.2) is 14.2 Å². The van der Waals surface area contributed by atoms with Crippen molar-refractivity contribution >= 4 is 34.6 Å². The van der Waals surface area contributed by atoms with E-state index in [1.165, 1.54) is 13.2 Å². The molecule has 1 aromatic heterocycles. The molecule has 2 N–H and O–H groups in total. The molecular weight excluding hydrogens is 451 g/mol. The van der Waals surface area contributed by atoms with Crippen LogP contribution < -0.4 is 20.4 Å². The maximum absolute atomic E-state index is 15.7. The highest BCUT2D eigenvalue weighted by Crippen LogP contribution is 2.47. The van der Waals surface area contributed by atoms with E-state index in [0.717, 1.165) is 45.1 Å². The lowest BCUT2D eigenvalue weighted by Crippen LogP contribution is -2.40. The number of pyridine rings is 1. The smallest absolute Gasteiger partial charge is 0.343 e. The van der Waals surface area contributed by atoms with Gasteiger partial charge in [-0.2, -0.15) is 0 Å². The molecule has 0 spiro atoms. The lowest BCUT2D eigenvalue weighted by molar-refractivity contribution is 0.0696. The second kappa shape index (κ2) is 9.60. The summed E-state index contributed by atoms with van der Waals surface area (Å²) in [5.74, 6) is -1.08. The number of nitrogens with zero attached hydrogens (tertiary/aromatic N) is 3. The van der Waals surface area contributed by atoms with Gasteiger partial charge in [-0.15, -0.1) is 0 Å². The number of benzene rings is 1. The molecule has 3 fully saturated rings. The number of aliphatic imine (C=N–C) groups is 1. The van der Waals surface area contributed by atoms with Crippen molar-refractivity contribution in [2.75, 3.05) is 31.6 Å². The highest BCUT2D eigenvalue weighted by atomic mass is 19.1. The quantitative estimate of drug-likeness (QED) is 0.429. The van der Waals surface area contributed by atoms with Crippen LogP contribution in [0.2, 0.25) is 0 Å². The lowest BCUT2D eigenvalue weighted by Gasteiger charge is -2.25. The van der Waals surface area contributed by atoms with Gasteiger partial charge in [0.25, 0.3) is 0 Å². The number of nitrogens with one attached hydrogen (secondary N) is 1. The Kier molecular flexibility index (Phi) is 6.53. The summed E-state index contributed by atoms with van der Waals surface area (Å²) in [5, 5.41) is 13.5. The van der Waals surface area contributed by atoms with Crippen LogP contribution in [0.3, 0.4) is 0 Å². The van der Waals surface area contributed by atoms with E-state index in [-0.39, 0.29) is 23.0 Å². The number of fused-ring (bicyclic) bond motifs is 2. The summed E-state index contributed by atoms with van der Waals surface area (Å²) < 4.78 is 23.3. The number of ether oxygens (including phenoxy) is 1. The van der Waals surface area contributed by atoms with E-state index in [1.807, 2.05) is 9.47 Å². The Labute approximate surface area is 203 Å². The molecule has 3 heterocycles. The maximum atomic E-state index is 15.7. The van der Waals surface area contributed by atoms with Crippen molar-refractivity contribution in [2.24, 2.45) is 10.9 Å². The molecule has 0 amide bonds. The van der Waals surface area contributed by atoms with Crippen molar-refractivity contribution in [3.63, 3.8) is 0 Å². The fourth-order valence-corrected chi connectivity index (χ4v) is 5.65. The second-order valence-corrected chi connectivity index (χ2v) is 9.89. The number of aromatic carboxylic acids is 1. The van der Waals surface area contributed by atoms with Gasteiger partial charge >= 0.3 is 5.97 Å². The Balaban J connectivity index is 1.75. The molecule has 0 radical (unpaired) electrons. The Morgan fingerprint density at radius 2 is 2.14 bits per heavy atom. The number of carboxylic acid groups (broad SMARTS) is 1. The molecule has 2 aliphatic heterocycles. The largest absolute Gasteiger partial charge is 0.492 e. The molecule has 2 atom stereocenters. The molecule has 5 rings (SSSR count). The van der Waals surface area contributed by atoms with Crippen LogP contribution in [0.5, 0.6) is 5.75 Å². The number of methoxy groups -OCH3 is 1. The van der Waals surface area contributed by atoms with Gasteiger partial charge in [0.05, 0.1) is 18.0 Å². The highest BCUT2D eigenvalue weighted by molar-refractivity contribution is 6.01. The molecule has 35 heavy (non-hydrogen) atoms. The molecule has 2 aromatic rings. The van der Waals surface area contributed by atoms with Crippen molar-refractivity contribution < 1.29 is 19.0 Å². The number of hydrogen-bond acceptors (Lipinski definition) is 6. The first-order valence-corrected chi connectivity index (χ1v) is 12.7. The number of unbranched alkanes of at least 4 members (excludes halogenated alkanes) is 2. The van der Waals surface area contributed by atoms with Crippen LogP contribution in [-0.2, 0) is 0 Å². The van der Waals surface area contributed by atoms with Crippen LogP contribution in [0.25, 0.3) is 10.9 Å². The molecule has 2 saturated heterocycles. The highest BCUT2D eigenvalue weighted by Gasteiger charge is 2.39. The minimum absolute atomic E-state index is 0.00967. The van der Waals surface area contributed by atoms with E-state index < -0.39 is 22.8 Å². The third kappa shape index (κ3) is 4.20. The summed E-state index contributed by atoms with van der Waals surface area (Å²) in [5.41, 5.74) is -0.365. The van der Waals surface area contributed by atoms with Crippen molar-refractivity contribution in [3.8, 4) is 5.75 Å². The third-order valence-corrected chi connectivity index (χ3v) is 7.49. The minimum atomic E-state index is -1.35. The molecular formula is C26H33FN4O4. The standard InChI is InChI=1S/C26H33FN4O4/c1-3-4-5-10-29-25-20(26(33)34)23(32)17-12-18(27)22(24(35-2)21(17)31(25)16-8-9-16)30-13-15-7-6-11-28-19(15)14-30/h10,12,15-16,19,28H,3-9,11,13-14H2,1-2H3,(H,33,34)/b29-10+. The molecule has 9 heteroatoms. The van der Waals surface area contributed by atoms with Crippen LogP contribution >= 0.6 is 0 Å². The van der Waals surface area contributed by atoms with Crippen molar-refractivity contribution in [2.45, 2.75) is 64.0 Å². The number of aromatic nitrogens is 1. The van der Waals surface area contributed by atoms with Gasteiger partial charge in [-0.1, -0.05) is 13.3 Å². The van der Waals surface area contributed by atoms with Crippen LogP contribution in [-0.4, -0.2) is 54.6 Å². The molecule has 8 nitrogen and oxygen atoms in total. The number of anilines is 1. The van der Waals surface area contributed by atoms with E-state index in [1.54, 1.807) is 6.21 Å². The lowest BCUT2D eigenvalue weighted by atomic mass is 9.94. The van der Waals surface area contributed by atoms with Crippen molar-refractivity contribution in [3.05, 3.63) is 27.7 Å². The van der Waals surface area contributed by atoms with Gasteiger partial charge in [0.1, 0.15) is 5.69 Å². The van der Waals surface area contributed by atoms with Gasteiger partial charge < -0.3 is 24.6 Å². The molecule has 1 aliphatic carbocycles. The fraction of sp³-hybridized carbons (Fsp3) is 0.577. The molecule has 3 aliphatic rings. The zero-order valence-electron chi connectivity index (χ0n) is 20.3. The van der Waals surface area contributed by atoms with E-state index >= 15 is 4.39 Å².